The number of carbonyl (C=O) groups excluding carboxylic acids is 1. The van der Waals surface area contributed by atoms with Gasteiger partial charge in [-0.15, -0.1) is 0 Å². The molecule has 6 nitrogen and oxygen atoms in total. The first-order valence-electron chi connectivity index (χ1n) is 10.3. The van der Waals surface area contributed by atoms with Crippen LogP contribution >= 0.6 is 11.3 Å². The van der Waals surface area contributed by atoms with E-state index in [4.69, 9.17) is 19.2 Å². The van der Waals surface area contributed by atoms with E-state index in [1.54, 1.807) is 34.4 Å². The lowest BCUT2D eigenvalue weighted by Gasteiger charge is -2.24. The van der Waals surface area contributed by atoms with Gasteiger partial charge < -0.3 is 14.2 Å². The standard InChI is InChI=1S/C23H24N2O4S/c1-14-10-15(2)21-18(11-14)24-23(30-21)25(13-17-4-3-7-27-17)22(26)16-5-6-19-20(12-16)29-9-8-28-19/h5-6,10-12,17H,3-4,7-9,13H2,1-2H3. The molecule has 1 atom stereocenters. The number of aryl methyl sites for hydroxylation is 2. The Hall–Kier alpha value is -2.64. The van der Waals surface area contributed by atoms with Crippen LogP contribution in [0.5, 0.6) is 11.5 Å². The highest BCUT2D eigenvalue weighted by Crippen LogP contribution is 2.35. The Balaban J connectivity index is 1.53. The Kier molecular flexibility index (Phi) is 5.08. The second-order valence-electron chi connectivity index (χ2n) is 7.84. The van der Waals surface area contributed by atoms with Gasteiger partial charge in [0, 0.05) is 12.2 Å². The van der Waals surface area contributed by atoms with Crippen LogP contribution in [0, 0.1) is 13.8 Å². The largest absolute Gasteiger partial charge is 0.486 e. The van der Waals surface area contributed by atoms with Gasteiger partial charge >= 0.3 is 0 Å². The Morgan fingerprint density at radius 2 is 1.97 bits per heavy atom. The lowest BCUT2D eigenvalue weighted by Crippen LogP contribution is -2.37. The van der Waals surface area contributed by atoms with Crippen LogP contribution in [0.3, 0.4) is 0 Å². The van der Waals surface area contributed by atoms with Gasteiger partial charge in [-0.3, -0.25) is 9.69 Å². The molecule has 3 heterocycles. The van der Waals surface area contributed by atoms with E-state index in [0.29, 0.717) is 42.0 Å². The normalized spacial score (nSPS) is 18.0. The number of fused-ring (bicyclic) bond motifs is 2. The molecule has 1 aromatic heterocycles. The molecule has 30 heavy (non-hydrogen) atoms. The summed E-state index contributed by atoms with van der Waals surface area (Å²) >= 11 is 1.56. The Morgan fingerprint density at radius 1 is 1.13 bits per heavy atom. The fraction of sp³-hybridized carbons (Fsp3) is 0.391. The van der Waals surface area contributed by atoms with E-state index in [1.165, 1.54) is 11.1 Å². The van der Waals surface area contributed by atoms with Crippen molar-refractivity contribution < 1.29 is 19.0 Å². The molecule has 1 unspecified atom stereocenters. The molecular weight excluding hydrogens is 400 g/mol. The second-order valence-corrected chi connectivity index (χ2v) is 8.81. The van der Waals surface area contributed by atoms with E-state index < -0.39 is 0 Å². The molecule has 0 saturated carbocycles. The zero-order valence-electron chi connectivity index (χ0n) is 17.1. The van der Waals surface area contributed by atoms with E-state index in [-0.39, 0.29) is 12.0 Å². The maximum atomic E-state index is 13.6. The zero-order valence-corrected chi connectivity index (χ0v) is 18.0. The average Bonchev–Trinajstić information content (AvgIpc) is 3.41. The zero-order chi connectivity index (χ0) is 20.7. The van der Waals surface area contributed by atoms with Crippen LogP contribution in [-0.2, 0) is 4.74 Å². The summed E-state index contributed by atoms with van der Waals surface area (Å²) in [6.45, 7) is 6.40. The topological polar surface area (TPSA) is 60.9 Å². The molecule has 2 aliphatic rings. The van der Waals surface area contributed by atoms with Gasteiger partial charge in [0.05, 0.1) is 22.9 Å². The van der Waals surface area contributed by atoms with Gasteiger partial charge in [0.25, 0.3) is 5.91 Å². The van der Waals surface area contributed by atoms with Gasteiger partial charge in [-0.1, -0.05) is 17.4 Å². The van der Waals surface area contributed by atoms with E-state index in [0.717, 1.165) is 29.7 Å². The van der Waals surface area contributed by atoms with Crippen molar-refractivity contribution in [2.75, 3.05) is 31.3 Å². The van der Waals surface area contributed by atoms with Gasteiger partial charge in [-0.2, -0.15) is 0 Å². The molecule has 0 spiro atoms. The van der Waals surface area contributed by atoms with Crippen molar-refractivity contribution in [1.82, 2.24) is 4.98 Å². The smallest absolute Gasteiger partial charge is 0.260 e. The number of aromatic nitrogens is 1. The summed E-state index contributed by atoms with van der Waals surface area (Å²) in [7, 11) is 0. The van der Waals surface area contributed by atoms with Gasteiger partial charge in [0.1, 0.15) is 13.2 Å². The minimum atomic E-state index is -0.101. The number of rotatable bonds is 4. The molecule has 7 heteroatoms. The first-order valence-corrected chi connectivity index (χ1v) is 11.1. The predicted molar refractivity (Wildman–Crippen MR) is 117 cm³/mol. The Bertz CT molecular complexity index is 1100. The first-order chi connectivity index (χ1) is 14.6. The fourth-order valence-corrected chi connectivity index (χ4v) is 5.08. The van der Waals surface area contributed by atoms with Crippen LogP contribution in [0.15, 0.2) is 30.3 Å². The first kappa shape index (κ1) is 19.3. The number of thiazole rings is 1. The number of benzene rings is 2. The highest BCUT2D eigenvalue weighted by Gasteiger charge is 2.28. The minimum absolute atomic E-state index is 0.0287. The number of anilines is 1. The second kappa shape index (κ2) is 7.89. The van der Waals surface area contributed by atoms with Crippen LogP contribution in [0.1, 0.15) is 34.3 Å². The average molecular weight is 425 g/mol. The molecule has 1 fully saturated rings. The maximum absolute atomic E-state index is 13.6. The number of carbonyl (C=O) groups is 1. The molecule has 0 aliphatic carbocycles. The van der Waals surface area contributed by atoms with Gasteiger partial charge in [0.15, 0.2) is 16.6 Å². The van der Waals surface area contributed by atoms with Crippen LogP contribution in [-0.4, -0.2) is 43.4 Å². The van der Waals surface area contributed by atoms with Gasteiger partial charge in [0.2, 0.25) is 0 Å². The molecule has 156 valence electrons. The van der Waals surface area contributed by atoms with Crippen molar-refractivity contribution in [3.63, 3.8) is 0 Å². The van der Waals surface area contributed by atoms with E-state index >= 15 is 0 Å². The number of amides is 1. The SMILES string of the molecule is Cc1cc(C)c2sc(N(CC3CCCO3)C(=O)c3ccc4c(c3)OCCO4)nc2c1. The number of nitrogens with zero attached hydrogens (tertiary/aromatic N) is 2. The summed E-state index contributed by atoms with van der Waals surface area (Å²) in [6, 6.07) is 9.58. The van der Waals surface area contributed by atoms with Gasteiger partial charge in [-0.05, 0) is 62.1 Å². The lowest BCUT2D eigenvalue weighted by atomic mass is 10.1. The van der Waals surface area contributed by atoms with Crippen molar-refractivity contribution in [1.29, 1.82) is 0 Å². The number of hydrogen-bond acceptors (Lipinski definition) is 6. The van der Waals surface area contributed by atoms with E-state index in [9.17, 15) is 4.79 Å². The highest BCUT2D eigenvalue weighted by atomic mass is 32.1. The summed E-state index contributed by atoms with van der Waals surface area (Å²) in [5.41, 5.74) is 3.84. The monoisotopic (exact) mass is 424 g/mol. The summed E-state index contributed by atoms with van der Waals surface area (Å²) in [4.78, 5) is 20.2. The summed E-state index contributed by atoms with van der Waals surface area (Å²) in [6.07, 6.45) is 2.00. The quantitative estimate of drug-likeness (QED) is 0.617. The third-order valence-corrected chi connectivity index (χ3v) is 6.71. The molecule has 2 aromatic carbocycles. The fourth-order valence-electron chi connectivity index (χ4n) is 4.05. The molecule has 1 amide bonds. The van der Waals surface area contributed by atoms with Crippen molar-refractivity contribution in [3.05, 3.63) is 47.0 Å². The third-order valence-electron chi connectivity index (χ3n) is 5.48. The summed E-state index contributed by atoms with van der Waals surface area (Å²) in [5, 5.41) is 0.703. The van der Waals surface area contributed by atoms with Crippen molar-refractivity contribution in [3.8, 4) is 11.5 Å². The maximum Gasteiger partial charge on any atom is 0.260 e. The van der Waals surface area contributed by atoms with Crippen LogP contribution in [0.4, 0.5) is 5.13 Å². The minimum Gasteiger partial charge on any atom is -0.486 e. The molecule has 0 bridgehead atoms. The van der Waals surface area contributed by atoms with Crippen LogP contribution in [0.2, 0.25) is 0 Å². The third kappa shape index (κ3) is 3.63. The number of ether oxygens (including phenoxy) is 3. The molecule has 1 saturated heterocycles. The molecule has 0 radical (unpaired) electrons. The predicted octanol–water partition coefficient (Wildman–Crippen LogP) is 4.51. The lowest BCUT2D eigenvalue weighted by molar-refractivity contribution is 0.0916. The van der Waals surface area contributed by atoms with Crippen molar-refractivity contribution in [2.45, 2.75) is 32.8 Å². The molecule has 2 aliphatic heterocycles. The summed E-state index contributed by atoms with van der Waals surface area (Å²) in [5.74, 6) is 1.19. The molecular formula is C23H24N2O4S. The van der Waals surface area contributed by atoms with Crippen LogP contribution in [0.25, 0.3) is 10.2 Å². The summed E-state index contributed by atoms with van der Waals surface area (Å²) < 4.78 is 18.2. The molecule has 5 rings (SSSR count). The van der Waals surface area contributed by atoms with Crippen molar-refractivity contribution in [2.24, 2.45) is 0 Å². The molecule has 0 N–H and O–H groups in total. The van der Waals surface area contributed by atoms with Gasteiger partial charge in [-0.25, -0.2) is 4.98 Å². The number of hydrogen-bond donors (Lipinski definition) is 0. The Morgan fingerprint density at radius 3 is 2.77 bits per heavy atom. The van der Waals surface area contributed by atoms with E-state index in [2.05, 4.69) is 26.0 Å². The van der Waals surface area contributed by atoms with E-state index in [1.807, 2.05) is 0 Å². The Labute approximate surface area is 179 Å². The van der Waals surface area contributed by atoms with Crippen molar-refractivity contribution >= 4 is 32.6 Å². The van der Waals surface area contributed by atoms with Crippen LogP contribution < -0.4 is 14.4 Å². The molecule has 3 aromatic rings. The highest BCUT2D eigenvalue weighted by molar-refractivity contribution is 7.22.